The number of unbranched alkanes of at least 4 members (excludes halogenated alkanes) is 22. The highest BCUT2D eigenvalue weighted by molar-refractivity contribution is 5.71. The van der Waals surface area contributed by atoms with Crippen LogP contribution in [0.5, 0.6) is 0 Å². The van der Waals surface area contributed by atoms with Crippen molar-refractivity contribution in [2.24, 2.45) is 0 Å². The quantitative estimate of drug-likeness (QED) is 0.0263. The van der Waals surface area contributed by atoms with Crippen LogP contribution in [-0.2, 0) is 28.6 Å². The number of esters is 3. The van der Waals surface area contributed by atoms with Crippen molar-refractivity contribution in [1.29, 1.82) is 0 Å². The molecule has 0 saturated heterocycles. The van der Waals surface area contributed by atoms with Gasteiger partial charge in [-0.2, -0.15) is 0 Å². The van der Waals surface area contributed by atoms with E-state index in [1.165, 1.54) is 83.5 Å². The van der Waals surface area contributed by atoms with E-state index in [4.69, 9.17) is 14.2 Å². The summed E-state index contributed by atoms with van der Waals surface area (Å²) in [6.45, 7) is 6.43. The summed E-state index contributed by atoms with van der Waals surface area (Å²) in [6, 6.07) is 0. The molecule has 0 radical (unpaired) electrons. The third kappa shape index (κ3) is 47.7. The van der Waals surface area contributed by atoms with Crippen LogP contribution in [0.25, 0.3) is 0 Å². The second-order valence-electron chi connectivity index (χ2n) is 16.7. The Morgan fingerprint density at radius 3 is 1.02 bits per heavy atom. The van der Waals surface area contributed by atoms with Crippen molar-refractivity contribution in [1.82, 2.24) is 0 Å². The highest BCUT2D eigenvalue weighted by Gasteiger charge is 2.19. The fraction of sp³-hybridized carbons (Fsp3) is 0.727. The largest absolute Gasteiger partial charge is 0.462 e. The summed E-state index contributed by atoms with van der Waals surface area (Å²) < 4.78 is 16.7. The van der Waals surface area contributed by atoms with Crippen LogP contribution >= 0.6 is 0 Å². The smallest absolute Gasteiger partial charge is 0.306 e. The lowest BCUT2D eigenvalue weighted by atomic mass is 10.1. The highest BCUT2D eigenvalue weighted by atomic mass is 16.6. The molecule has 0 saturated carbocycles. The van der Waals surface area contributed by atoms with Crippen molar-refractivity contribution >= 4 is 17.9 Å². The van der Waals surface area contributed by atoms with Crippen molar-refractivity contribution in [2.45, 2.75) is 245 Å². The van der Waals surface area contributed by atoms with E-state index in [1.807, 2.05) is 0 Å². The first-order valence-corrected chi connectivity index (χ1v) is 25.4. The first-order chi connectivity index (χ1) is 30.0. The molecule has 0 amide bonds. The van der Waals surface area contributed by atoms with Crippen LogP contribution in [0.15, 0.2) is 72.9 Å². The van der Waals surface area contributed by atoms with Crippen LogP contribution in [0.2, 0.25) is 0 Å². The molecule has 0 aromatic heterocycles. The van der Waals surface area contributed by atoms with Gasteiger partial charge in [-0.15, -0.1) is 0 Å². The number of carbonyl (C=O) groups excluding carboxylic acids is 3. The van der Waals surface area contributed by atoms with Gasteiger partial charge in [-0.25, -0.2) is 0 Å². The van der Waals surface area contributed by atoms with E-state index < -0.39 is 6.10 Å². The number of rotatable bonds is 45. The summed E-state index contributed by atoms with van der Waals surface area (Å²) in [4.78, 5) is 37.7. The van der Waals surface area contributed by atoms with Gasteiger partial charge in [-0.3, -0.25) is 14.4 Å². The van der Waals surface area contributed by atoms with E-state index in [2.05, 4.69) is 93.7 Å². The lowest BCUT2D eigenvalue weighted by molar-refractivity contribution is -0.167. The van der Waals surface area contributed by atoms with Crippen molar-refractivity contribution in [3.63, 3.8) is 0 Å². The first kappa shape index (κ1) is 57.9. The molecular weight excluding hydrogens is 757 g/mol. The van der Waals surface area contributed by atoms with Gasteiger partial charge in [-0.05, 0) is 89.9 Å². The molecular formula is C55H94O6. The number of allylic oxidation sites excluding steroid dienone is 12. The first-order valence-electron chi connectivity index (χ1n) is 25.4. The number of hydrogen-bond donors (Lipinski definition) is 0. The van der Waals surface area contributed by atoms with Crippen molar-refractivity contribution < 1.29 is 28.6 Å². The Bertz CT molecular complexity index is 1160. The Morgan fingerprint density at radius 1 is 0.344 bits per heavy atom. The number of hydrogen-bond acceptors (Lipinski definition) is 6. The van der Waals surface area contributed by atoms with E-state index in [1.54, 1.807) is 0 Å². The van der Waals surface area contributed by atoms with Crippen LogP contribution in [-0.4, -0.2) is 37.2 Å². The Morgan fingerprint density at radius 2 is 0.639 bits per heavy atom. The zero-order valence-electron chi connectivity index (χ0n) is 39.9. The van der Waals surface area contributed by atoms with E-state index >= 15 is 0 Å². The monoisotopic (exact) mass is 851 g/mol. The molecule has 0 bridgehead atoms. The molecule has 0 fully saturated rings. The van der Waals surface area contributed by atoms with Gasteiger partial charge >= 0.3 is 17.9 Å². The Hall–Kier alpha value is -3.15. The molecule has 350 valence electrons. The zero-order chi connectivity index (χ0) is 44.4. The maximum absolute atomic E-state index is 12.7. The summed E-state index contributed by atoms with van der Waals surface area (Å²) in [6.07, 6.45) is 61.9. The molecule has 0 aromatic rings. The summed E-state index contributed by atoms with van der Waals surface area (Å²) in [7, 11) is 0. The molecule has 0 aromatic carbocycles. The minimum Gasteiger partial charge on any atom is -0.462 e. The van der Waals surface area contributed by atoms with Gasteiger partial charge in [0.15, 0.2) is 6.10 Å². The second-order valence-corrected chi connectivity index (χ2v) is 16.7. The maximum atomic E-state index is 12.7. The lowest BCUT2D eigenvalue weighted by Crippen LogP contribution is -2.30. The van der Waals surface area contributed by atoms with Crippen molar-refractivity contribution in [3.05, 3.63) is 72.9 Å². The normalized spacial score (nSPS) is 12.6. The minimum absolute atomic E-state index is 0.0839. The summed E-state index contributed by atoms with van der Waals surface area (Å²) in [5, 5.41) is 0. The van der Waals surface area contributed by atoms with Crippen LogP contribution in [0.3, 0.4) is 0 Å². The molecule has 0 aliphatic carbocycles. The molecule has 0 rings (SSSR count). The van der Waals surface area contributed by atoms with Crippen molar-refractivity contribution in [2.75, 3.05) is 13.2 Å². The molecule has 0 heterocycles. The zero-order valence-corrected chi connectivity index (χ0v) is 39.9. The third-order valence-electron chi connectivity index (χ3n) is 10.7. The van der Waals surface area contributed by atoms with E-state index in [9.17, 15) is 14.4 Å². The Labute approximate surface area is 376 Å². The van der Waals surface area contributed by atoms with Gasteiger partial charge in [0, 0.05) is 19.3 Å². The van der Waals surface area contributed by atoms with E-state index in [-0.39, 0.29) is 31.1 Å². The van der Waals surface area contributed by atoms with E-state index in [0.29, 0.717) is 19.3 Å². The molecule has 0 N–H and O–H groups in total. The van der Waals surface area contributed by atoms with E-state index in [0.717, 1.165) is 116 Å². The van der Waals surface area contributed by atoms with Crippen LogP contribution in [0.4, 0.5) is 0 Å². The predicted octanol–water partition coefficient (Wildman–Crippen LogP) is 16.6. The van der Waals surface area contributed by atoms with Gasteiger partial charge in [0.2, 0.25) is 0 Å². The number of carbonyl (C=O) groups is 3. The maximum Gasteiger partial charge on any atom is 0.306 e. The van der Waals surface area contributed by atoms with Crippen LogP contribution < -0.4 is 0 Å². The van der Waals surface area contributed by atoms with Gasteiger partial charge in [-0.1, -0.05) is 203 Å². The van der Waals surface area contributed by atoms with Gasteiger partial charge in [0.1, 0.15) is 13.2 Å². The molecule has 1 atom stereocenters. The average molecular weight is 851 g/mol. The summed E-state index contributed by atoms with van der Waals surface area (Å²) >= 11 is 0. The molecule has 61 heavy (non-hydrogen) atoms. The SMILES string of the molecule is CC/C=C\C/C=C\C/C=C\C/C=C\CCCCCCCCCCC(=O)OCC(COC(=O)CCCCCCCC)OC(=O)CCCCCCC/C=C\C/C=C\CCCCCC. The van der Waals surface area contributed by atoms with Crippen molar-refractivity contribution in [3.8, 4) is 0 Å². The van der Waals surface area contributed by atoms with Crippen LogP contribution in [0, 0.1) is 0 Å². The number of ether oxygens (including phenoxy) is 3. The second kappa shape index (κ2) is 49.5. The summed E-state index contributed by atoms with van der Waals surface area (Å²) in [5.41, 5.74) is 0. The molecule has 0 spiro atoms. The van der Waals surface area contributed by atoms with Gasteiger partial charge < -0.3 is 14.2 Å². The topological polar surface area (TPSA) is 78.9 Å². The Kier molecular flexibility index (Phi) is 46.9. The van der Waals surface area contributed by atoms with Crippen LogP contribution in [0.1, 0.15) is 239 Å². The average Bonchev–Trinajstić information content (AvgIpc) is 3.26. The lowest BCUT2D eigenvalue weighted by Gasteiger charge is -2.18. The predicted molar refractivity (Wildman–Crippen MR) is 261 cm³/mol. The fourth-order valence-electron chi connectivity index (χ4n) is 6.87. The fourth-order valence-corrected chi connectivity index (χ4v) is 6.87. The molecule has 0 aliphatic heterocycles. The third-order valence-corrected chi connectivity index (χ3v) is 10.7. The van der Waals surface area contributed by atoms with Gasteiger partial charge in [0.25, 0.3) is 0 Å². The van der Waals surface area contributed by atoms with Gasteiger partial charge in [0.05, 0.1) is 0 Å². The standard InChI is InChI=1S/C55H94O6/c1-4-7-10-13-16-18-20-22-24-26-27-28-29-30-32-33-35-37-39-42-45-48-54(57)60-51-52(50-59-53(56)47-44-41-15-12-9-6-3)61-55(58)49-46-43-40-38-36-34-31-25-23-21-19-17-14-11-8-5-2/h7,10,16,18-19,21-22,24-25,27-28,31,52H,4-6,8-9,11-15,17,20,23,26,29-30,32-51H2,1-3H3/b10-7-,18-16-,21-19-,24-22-,28-27-,31-25-. The minimum atomic E-state index is -0.782. The highest BCUT2D eigenvalue weighted by Crippen LogP contribution is 2.14. The molecule has 1 unspecified atom stereocenters. The molecule has 0 aliphatic rings. The molecule has 6 nitrogen and oxygen atoms in total. The summed E-state index contributed by atoms with van der Waals surface area (Å²) in [5.74, 6) is -0.915. The molecule has 6 heteroatoms. The Balaban J connectivity index is 4.24.